The summed E-state index contributed by atoms with van der Waals surface area (Å²) in [6.07, 6.45) is 3.59. The molecule has 0 atom stereocenters. The smallest absolute Gasteiger partial charge is 0.0912 e. The number of nitrogens with one attached hydrogen (secondary N) is 1. The lowest BCUT2D eigenvalue weighted by Gasteiger charge is -2.37. The maximum Gasteiger partial charge on any atom is 0.0912 e. The second-order valence-electron chi connectivity index (χ2n) is 4.84. The first-order valence-electron chi connectivity index (χ1n) is 6.36. The van der Waals surface area contributed by atoms with Crippen LogP contribution in [0.25, 0.3) is 0 Å². The Hall–Kier alpha value is -0.570. The molecule has 0 spiro atoms. The SMILES string of the molecule is CCNC1CCC(O)(c2ccccc2Cl)CC1. The lowest BCUT2D eigenvalue weighted by Crippen LogP contribution is -2.39. The van der Waals surface area contributed by atoms with E-state index in [0.717, 1.165) is 37.8 Å². The van der Waals surface area contributed by atoms with Gasteiger partial charge in [-0.3, -0.25) is 0 Å². The van der Waals surface area contributed by atoms with Gasteiger partial charge in [-0.05, 0) is 38.3 Å². The fourth-order valence-electron chi connectivity index (χ4n) is 2.70. The molecule has 1 aliphatic carbocycles. The van der Waals surface area contributed by atoms with Gasteiger partial charge in [0.25, 0.3) is 0 Å². The molecule has 0 heterocycles. The molecular formula is C14H20ClNO. The maximum absolute atomic E-state index is 10.7. The highest BCUT2D eigenvalue weighted by atomic mass is 35.5. The van der Waals surface area contributed by atoms with E-state index in [1.165, 1.54) is 0 Å². The van der Waals surface area contributed by atoms with Crippen LogP contribution in [0.1, 0.15) is 38.2 Å². The maximum atomic E-state index is 10.7. The van der Waals surface area contributed by atoms with Crippen LogP contribution in [0.15, 0.2) is 24.3 Å². The van der Waals surface area contributed by atoms with E-state index in [9.17, 15) is 5.11 Å². The highest BCUT2D eigenvalue weighted by Crippen LogP contribution is 2.39. The first-order valence-corrected chi connectivity index (χ1v) is 6.74. The van der Waals surface area contributed by atoms with Gasteiger partial charge in [0.2, 0.25) is 0 Å². The second-order valence-corrected chi connectivity index (χ2v) is 5.25. The van der Waals surface area contributed by atoms with E-state index >= 15 is 0 Å². The van der Waals surface area contributed by atoms with Crippen molar-refractivity contribution >= 4 is 11.6 Å². The molecule has 1 aliphatic rings. The monoisotopic (exact) mass is 253 g/mol. The van der Waals surface area contributed by atoms with Gasteiger partial charge in [0.1, 0.15) is 0 Å². The average Bonchev–Trinajstić information content (AvgIpc) is 2.33. The Morgan fingerprint density at radius 1 is 1.35 bits per heavy atom. The van der Waals surface area contributed by atoms with Crippen molar-refractivity contribution in [3.05, 3.63) is 34.9 Å². The van der Waals surface area contributed by atoms with Gasteiger partial charge in [-0.15, -0.1) is 0 Å². The van der Waals surface area contributed by atoms with E-state index in [1.54, 1.807) is 0 Å². The lowest BCUT2D eigenvalue weighted by molar-refractivity contribution is -0.00805. The zero-order valence-corrected chi connectivity index (χ0v) is 11.0. The van der Waals surface area contributed by atoms with Crippen LogP contribution in [-0.2, 0) is 5.60 Å². The van der Waals surface area contributed by atoms with Crippen molar-refractivity contribution < 1.29 is 5.11 Å². The molecule has 94 valence electrons. The van der Waals surface area contributed by atoms with E-state index in [2.05, 4.69) is 12.2 Å². The topological polar surface area (TPSA) is 32.3 Å². The van der Waals surface area contributed by atoms with Crippen molar-refractivity contribution in [2.45, 2.75) is 44.2 Å². The second kappa shape index (κ2) is 5.38. The Bertz CT molecular complexity index is 372. The van der Waals surface area contributed by atoms with Crippen LogP contribution in [0.2, 0.25) is 5.02 Å². The standard InChI is InChI=1S/C14H20ClNO/c1-2-16-11-7-9-14(17,10-8-11)12-5-3-4-6-13(12)15/h3-6,11,16-17H,2,7-10H2,1H3. The van der Waals surface area contributed by atoms with Gasteiger partial charge in [0.15, 0.2) is 0 Å². The van der Waals surface area contributed by atoms with Gasteiger partial charge < -0.3 is 10.4 Å². The van der Waals surface area contributed by atoms with Crippen LogP contribution in [0, 0.1) is 0 Å². The van der Waals surface area contributed by atoms with Crippen molar-refractivity contribution in [1.82, 2.24) is 5.32 Å². The summed E-state index contributed by atoms with van der Waals surface area (Å²) in [6, 6.07) is 8.18. The first kappa shape index (κ1) is 12.9. The Morgan fingerprint density at radius 3 is 2.59 bits per heavy atom. The Kier molecular flexibility index (Phi) is 4.08. The third-order valence-electron chi connectivity index (χ3n) is 3.68. The quantitative estimate of drug-likeness (QED) is 0.868. The molecule has 0 saturated heterocycles. The third kappa shape index (κ3) is 2.82. The molecule has 0 aliphatic heterocycles. The number of benzene rings is 1. The summed E-state index contributed by atoms with van der Waals surface area (Å²) in [4.78, 5) is 0. The minimum Gasteiger partial charge on any atom is -0.385 e. The van der Waals surface area contributed by atoms with Crippen molar-refractivity contribution in [3.8, 4) is 0 Å². The predicted octanol–water partition coefficient (Wildman–Crippen LogP) is 3.08. The summed E-state index contributed by atoms with van der Waals surface area (Å²) in [6.45, 7) is 3.12. The zero-order valence-electron chi connectivity index (χ0n) is 10.2. The summed E-state index contributed by atoms with van der Waals surface area (Å²) >= 11 is 6.17. The van der Waals surface area contributed by atoms with E-state index in [-0.39, 0.29) is 0 Å². The first-order chi connectivity index (χ1) is 8.15. The Labute approximate surface area is 108 Å². The molecule has 0 amide bonds. The molecule has 1 aromatic rings. The summed E-state index contributed by atoms with van der Waals surface area (Å²) in [5.74, 6) is 0. The van der Waals surface area contributed by atoms with E-state index in [1.807, 2.05) is 24.3 Å². The summed E-state index contributed by atoms with van der Waals surface area (Å²) in [7, 11) is 0. The molecule has 2 nitrogen and oxygen atoms in total. The van der Waals surface area contributed by atoms with E-state index in [4.69, 9.17) is 11.6 Å². The van der Waals surface area contributed by atoms with Crippen molar-refractivity contribution in [3.63, 3.8) is 0 Å². The van der Waals surface area contributed by atoms with Gasteiger partial charge in [-0.2, -0.15) is 0 Å². The summed E-state index contributed by atoms with van der Waals surface area (Å²) in [5, 5.41) is 14.8. The molecule has 0 bridgehead atoms. The molecule has 0 unspecified atom stereocenters. The van der Waals surface area contributed by atoms with Crippen LogP contribution in [-0.4, -0.2) is 17.7 Å². The molecule has 2 rings (SSSR count). The van der Waals surface area contributed by atoms with Gasteiger partial charge in [-0.25, -0.2) is 0 Å². The molecule has 0 aromatic heterocycles. The molecule has 2 N–H and O–H groups in total. The summed E-state index contributed by atoms with van der Waals surface area (Å²) < 4.78 is 0. The highest BCUT2D eigenvalue weighted by molar-refractivity contribution is 6.31. The van der Waals surface area contributed by atoms with Gasteiger partial charge >= 0.3 is 0 Å². The number of hydrogen-bond acceptors (Lipinski definition) is 2. The molecule has 3 heteroatoms. The number of halogens is 1. The van der Waals surface area contributed by atoms with E-state index < -0.39 is 5.60 Å². The molecule has 1 fully saturated rings. The zero-order chi connectivity index (χ0) is 12.3. The van der Waals surface area contributed by atoms with Crippen LogP contribution in [0.4, 0.5) is 0 Å². The molecule has 17 heavy (non-hydrogen) atoms. The van der Waals surface area contributed by atoms with Gasteiger partial charge in [0, 0.05) is 16.6 Å². The van der Waals surface area contributed by atoms with Crippen molar-refractivity contribution in [2.24, 2.45) is 0 Å². The molecule has 0 radical (unpaired) electrons. The molecule has 1 saturated carbocycles. The van der Waals surface area contributed by atoms with Gasteiger partial charge in [0.05, 0.1) is 5.60 Å². The lowest BCUT2D eigenvalue weighted by atomic mass is 9.77. The number of hydrogen-bond donors (Lipinski definition) is 2. The minimum atomic E-state index is -0.732. The largest absolute Gasteiger partial charge is 0.385 e. The number of aliphatic hydroxyl groups is 1. The highest BCUT2D eigenvalue weighted by Gasteiger charge is 2.35. The fraction of sp³-hybridized carbons (Fsp3) is 0.571. The predicted molar refractivity (Wildman–Crippen MR) is 71.3 cm³/mol. The third-order valence-corrected chi connectivity index (χ3v) is 4.01. The number of rotatable bonds is 3. The molecular weight excluding hydrogens is 234 g/mol. The fourth-order valence-corrected chi connectivity index (χ4v) is 3.01. The van der Waals surface area contributed by atoms with E-state index in [0.29, 0.717) is 11.1 Å². The molecule has 1 aromatic carbocycles. The average molecular weight is 254 g/mol. The Balaban J connectivity index is 2.10. The van der Waals surface area contributed by atoms with Crippen LogP contribution in [0.5, 0.6) is 0 Å². The van der Waals surface area contributed by atoms with Crippen LogP contribution >= 0.6 is 11.6 Å². The summed E-state index contributed by atoms with van der Waals surface area (Å²) in [5.41, 5.74) is 0.154. The van der Waals surface area contributed by atoms with Crippen molar-refractivity contribution in [2.75, 3.05) is 6.54 Å². The van der Waals surface area contributed by atoms with Gasteiger partial charge in [-0.1, -0.05) is 36.7 Å². The van der Waals surface area contributed by atoms with Crippen LogP contribution < -0.4 is 5.32 Å². The normalized spacial score (nSPS) is 29.2. The minimum absolute atomic E-state index is 0.544. The van der Waals surface area contributed by atoms with Crippen LogP contribution in [0.3, 0.4) is 0 Å². The Morgan fingerprint density at radius 2 is 2.00 bits per heavy atom. The van der Waals surface area contributed by atoms with Crippen molar-refractivity contribution in [1.29, 1.82) is 0 Å².